The van der Waals surface area contributed by atoms with Gasteiger partial charge in [0, 0.05) is 5.69 Å². The summed E-state index contributed by atoms with van der Waals surface area (Å²) in [5.41, 5.74) is 6.27. The zero-order chi connectivity index (χ0) is 12.5. The fourth-order valence-corrected chi connectivity index (χ4v) is 2.48. The minimum atomic E-state index is -4.28. The van der Waals surface area contributed by atoms with Gasteiger partial charge in [-0.1, -0.05) is 25.7 Å². The summed E-state index contributed by atoms with van der Waals surface area (Å²) in [5.74, 6) is 0.501. The number of nitrogens with two attached hydrogens (primary N) is 1. The lowest BCUT2D eigenvalue weighted by molar-refractivity contribution is -0.137. The summed E-state index contributed by atoms with van der Waals surface area (Å²) in [7, 11) is 0. The Morgan fingerprint density at radius 2 is 1.82 bits per heavy atom. The van der Waals surface area contributed by atoms with E-state index < -0.39 is 11.7 Å². The summed E-state index contributed by atoms with van der Waals surface area (Å²) in [6.07, 6.45) is 0.978. The lowest BCUT2D eigenvalue weighted by atomic mass is 9.95. The quantitative estimate of drug-likeness (QED) is 0.780. The van der Waals surface area contributed by atoms with Crippen LogP contribution in [-0.4, -0.2) is 0 Å². The van der Waals surface area contributed by atoms with Crippen LogP contribution in [-0.2, 0) is 12.6 Å². The first-order chi connectivity index (χ1) is 7.97. The zero-order valence-electron chi connectivity index (χ0n) is 9.56. The van der Waals surface area contributed by atoms with Crippen molar-refractivity contribution in [2.45, 2.75) is 38.3 Å². The highest BCUT2D eigenvalue weighted by Gasteiger charge is 2.31. The molecule has 1 nitrogen and oxygen atoms in total. The van der Waals surface area contributed by atoms with Gasteiger partial charge in [-0.25, -0.2) is 0 Å². The topological polar surface area (TPSA) is 26.0 Å². The third-order valence-corrected chi connectivity index (χ3v) is 3.45. The number of rotatable bonds is 2. The first-order valence-corrected chi connectivity index (χ1v) is 5.92. The Morgan fingerprint density at radius 3 is 2.41 bits per heavy atom. The molecular weight excluding hydrogens is 227 g/mol. The van der Waals surface area contributed by atoms with Crippen molar-refractivity contribution in [3.05, 3.63) is 29.3 Å². The van der Waals surface area contributed by atoms with E-state index in [1.54, 1.807) is 0 Å². The van der Waals surface area contributed by atoms with E-state index in [2.05, 4.69) is 0 Å². The summed E-state index contributed by atoms with van der Waals surface area (Å²) in [5, 5.41) is 0. The van der Waals surface area contributed by atoms with Crippen LogP contribution in [0.3, 0.4) is 0 Å². The minimum Gasteiger partial charge on any atom is -0.399 e. The van der Waals surface area contributed by atoms with Crippen LogP contribution in [0.1, 0.15) is 36.8 Å². The average Bonchev–Trinajstić information content (AvgIpc) is 2.72. The number of halogens is 3. The van der Waals surface area contributed by atoms with Crippen molar-refractivity contribution in [2.75, 3.05) is 5.73 Å². The van der Waals surface area contributed by atoms with Gasteiger partial charge >= 0.3 is 6.18 Å². The molecule has 0 unspecified atom stereocenters. The second-order valence-corrected chi connectivity index (χ2v) is 4.77. The Kier molecular flexibility index (Phi) is 3.31. The molecule has 0 aliphatic heterocycles. The molecule has 0 atom stereocenters. The number of alkyl halides is 3. The molecule has 94 valence electrons. The summed E-state index contributed by atoms with van der Waals surface area (Å²) in [4.78, 5) is 0. The Labute approximate surface area is 98.8 Å². The number of nitrogen functional groups attached to an aromatic ring is 1. The predicted octanol–water partition coefficient (Wildman–Crippen LogP) is 4.02. The summed E-state index contributed by atoms with van der Waals surface area (Å²) in [6.45, 7) is 0. The molecule has 1 fully saturated rings. The highest BCUT2D eigenvalue weighted by Crippen LogP contribution is 2.34. The maximum absolute atomic E-state index is 12.6. The van der Waals surface area contributed by atoms with Gasteiger partial charge in [-0.3, -0.25) is 0 Å². The second kappa shape index (κ2) is 4.59. The van der Waals surface area contributed by atoms with Crippen LogP contribution in [0, 0.1) is 5.92 Å². The summed E-state index contributed by atoms with van der Waals surface area (Å²) < 4.78 is 37.7. The van der Waals surface area contributed by atoms with Crippen LogP contribution < -0.4 is 5.73 Å². The van der Waals surface area contributed by atoms with E-state index in [1.165, 1.54) is 25.0 Å². The molecule has 0 aromatic heterocycles. The van der Waals surface area contributed by atoms with E-state index in [1.807, 2.05) is 0 Å². The standard InChI is InChI=1S/C13H16F3N/c14-13(15,16)11-5-6-12(17)10(8-11)7-9-3-1-2-4-9/h5-6,8-9H,1-4,7,17H2. The largest absolute Gasteiger partial charge is 0.416 e. The van der Waals surface area contributed by atoms with Gasteiger partial charge in [0.25, 0.3) is 0 Å². The molecule has 17 heavy (non-hydrogen) atoms. The lowest BCUT2D eigenvalue weighted by Crippen LogP contribution is -2.08. The number of hydrogen-bond donors (Lipinski definition) is 1. The van der Waals surface area contributed by atoms with Crippen LogP contribution >= 0.6 is 0 Å². The Hall–Kier alpha value is -1.19. The highest BCUT2D eigenvalue weighted by atomic mass is 19.4. The smallest absolute Gasteiger partial charge is 0.399 e. The van der Waals surface area contributed by atoms with Crippen molar-refractivity contribution in [1.29, 1.82) is 0 Å². The monoisotopic (exact) mass is 243 g/mol. The Balaban J connectivity index is 2.20. The Bertz CT molecular complexity index is 392. The molecule has 0 saturated heterocycles. The Morgan fingerprint density at radius 1 is 1.18 bits per heavy atom. The van der Waals surface area contributed by atoms with E-state index in [-0.39, 0.29) is 0 Å². The normalized spacial score (nSPS) is 17.6. The third kappa shape index (κ3) is 2.93. The van der Waals surface area contributed by atoms with Gasteiger partial charge < -0.3 is 5.73 Å². The lowest BCUT2D eigenvalue weighted by Gasteiger charge is -2.14. The first-order valence-electron chi connectivity index (χ1n) is 5.92. The molecule has 1 aromatic rings. The molecule has 0 bridgehead atoms. The van der Waals surface area contributed by atoms with E-state index in [0.29, 0.717) is 23.6 Å². The molecule has 0 amide bonds. The van der Waals surface area contributed by atoms with Crippen molar-refractivity contribution in [1.82, 2.24) is 0 Å². The molecule has 4 heteroatoms. The van der Waals surface area contributed by atoms with E-state index in [9.17, 15) is 13.2 Å². The van der Waals surface area contributed by atoms with Crippen LogP contribution in [0.15, 0.2) is 18.2 Å². The maximum Gasteiger partial charge on any atom is 0.416 e. The molecule has 1 aliphatic carbocycles. The molecular formula is C13H16F3N. The molecule has 2 N–H and O–H groups in total. The zero-order valence-corrected chi connectivity index (χ0v) is 9.56. The fraction of sp³-hybridized carbons (Fsp3) is 0.538. The molecule has 1 aliphatic rings. The molecule has 0 radical (unpaired) electrons. The maximum atomic E-state index is 12.6. The molecule has 0 spiro atoms. The van der Waals surface area contributed by atoms with Gasteiger partial charge in [-0.15, -0.1) is 0 Å². The van der Waals surface area contributed by atoms with Crippen LogP contribution in [0.25, 0.3) is 0 Å². The van der Waals surface area contributed by atoms with Crippen molar-refractivity contribution >= 4 is 5.69 Å². The van der Waals surface area contributed by atoms with Crippen molar-refractivity contribution in [2.24, 2.45) is 5.92 Å². The van der Waals surface area contributed by atoms with Gasteiger partial charge in [0.15, 0.2) is 0 Å². The average molecular weight is 243 g/mol. The van der Waals surface area contributed by atoms with Crippen LogP contribution in [0.4, 0.5) is 18.9 Å². The third-order valence-electron chi connectivity index (χ3n) is 3.45. The van der Waals surface area contributed by atoms with Crippen molar-refractivity contribution in [3.63, 3.8) is 0 Å². The molecule has 1 aromatic carbocycles. The van der Waals surface area contributed by atoms with Gasteiger partial charge in [0.1, 0.15) is 0 Å². The number of anilines is 1. The number of benzene rings is 1. The minimum absolute atomic E-state index is 0.477. The number of hydrogen-bond acceptors (Lipinski definition) is 1. The predicted molar refractivity (Wildman–Crippen MR) is 61.5 cm³/mol. The molecule has 0 heterocycles. The second-order valence-electron chi connectivity index (χ2n) is 4.77. The van der Waals surface area contributed by atoms with Gasteiger partial charge in [-0.2, -0.15) is 13.2 Å². The van der Waals surface area contributed by atoms with Gasteiger partial charge in [0.2, 0.25) is 0 Å². The summed E-state index contributed by atoms with van der Waals surface area (Å²) >= 11 is 0. The highest BCUT2D eigenvalue weighted by molar-refractivity contribution is 5.49. The van der Waals surface area contributed by atoms with Crippen molar-refractivity contribution in [3.8, 4) is 0 Å². The van der Waals surface area contributed by atoms with Crippen LogP contribution in [0.2, 0.25) is 0 Å². The summed E-state index contributed by atoms with van der Waals surface area (Å²) in [6, 6.07) is 3.62. The first kappa shape index (κ1) is 12.3. The van der Waals surface area contributed by atoms with Crippen LogP contribution in [0.5, 0.6) is 0 Å². The molecule has 1 saturated carbocycles. The van der Waals surface area contributed by atoms with E-state index >= 15 is 0 Å². The molecule has 2 rings (SSSR count). The van der Waals surface area contributed by atoms with Gasteiger partial charge in [0.05, 0.1) is 5.56 Å². The van der Waals surface area contributed by atoms with E-state index in [0.717, 1.165) is 18.9 Å². The van der Waals surface area contributed by atoms with Gasteiger partial charge in [-0.05, 0) is 36.1 Å². The van der Waals surface area contributed by atoms with Crippen molar-refractivity contribution < 1.29 is 13.2 Å². The fourth-order valence-electron chi connectivity index (χ4n) is 2.48. The SMILES string of the molecule is Nc1ccc(C(F)(F)F)cc1CC1CCCC1. The van der Waals surface area contributed by atoms with E-state index in [4.69, 9.17) is 5.73 Å².